The van der Waals surface area contributed by atoms with Crippen LogP contribution in [0, 0.1) is 11.3 Å². The van der Waals surface area contributed by atoms with Gasteiger partial charge in [0, 0.05) is 13.1 Å². The lowest BCUT2D eigenvalue weighted by molar-refractivity contribution is -0.182. The van der Waals surface area contributed by atoms with Gasteiger partial charge in [0.2, 0.25) is 0 Å². The van der Waals surface area contributed by atoms with Gasteiger partial charge in [-0.25, -0.2) is 0 Å². The molecular formula is C16H31NO. The molecule has 0 amide bonds. The molecule has 0 radical (unpaired) electrons. The highest BCUT2D eigenvalue weighted by Crippen LogP contribution is 2.46. The van der Waals surface area contributed by atoms with Crippen molar-refractivity contribution in [2.75, 3.05) is 13.1 Å². The van der Waals surface area contributed by atoms with Crippen LogP contribution < -0.4 is 5.32 Å². The van der Waals surface area contributed by atoms with Gasteiger partial charge in [-0.15, -0.1) is 0 Å². The van der Waals surface area contributed by atoms with Crippen LogP contribution in [0.4, 0.5) is 0 Å². The minimum atomic E-state index is 0.00532. The molecule has 0 unspecified atom stereocenters. The Morgan fingerprint density at radius 3 is 2.28 bits per heavy atom. The van der Waals surface area contributed by atoms with Gasteiger partial charge in [-0.2, -0.15) is 0 Å². The normalized spacial score (nSPS) is 36.8. The van der Waals surface area contributed by atoms with E-state index in [0.29, 0.717) is 5.41 Å². The van der Waals surface area contributed by atoms with Crippen molar-refractivity contribution in [3.63, 3.8) is 0 Å². The van der Waals surface area contributed by atoms with Crippen LogP contribution in [0.5, 0.6) is 0 Å². The smallest absolute Gasteiger partial charge is 0.0814 e. The Bertz CT molecular complexity index is 287. The van der Waals surface area contributed by atoms with Gasteiger partial charge in [0.05, 0.1) is 11.2 Å². The van der Waals surface area contributed by atoms with Crippen LogP contribution in [0.15, 0.2) is 0 Å². The van der Waals surface area contributed by atoms with Gasteiger partial charge in [-0.05, 0) is 50.9 Å². The molecule has 0 aromatic rings. The van der Waals surface area contributed by atoms with Gasteiger partial charge in [-0.1, -0.05) is 27.2 Å². The van der Waals surface area contributed by atoms with Crippen LogP contribution >= 0.6 is 0 Å². The van der Waals surface area contributed by atoms with Crippen molar-refractivity contribution in [1.82, 2.24) is 5.32 Å². The van der Waals surface area contributed by atoms with E-state index < -0.39 is 0 Å². The third-order valence-corrected chi connectivity index (χ3v) is 5.40. The van der Waals surface area contributed by atoms with Crippen molar-refractivity contribution >= 4 is 0 Å². The van der Waals surface area contributed by atoms with Crippen LogP contribution in [-0.2, 0) is 4.74 Å². The molecule has 2 fully saturated rings. The average Bonchev–Trinajstić information content (AvgIpc) is 2.28. The molecule has 0 atom stereocenters. The van der Waals surface area contributed by atoms with Crippen molar-refractivity contribution in [3.05, 3.63) is 0 Å². The van der Waals surface area contributed by atoms with Crippen molar-refractivity contribution in [2.45, 2.75) is 77.9 Å². The number of nitrogens with one attached hydrogen (secondary N) is 1. The fourth-order valence-electron chi connectivity index (χ4n) is 3.74. The number of morpholine rings is 1. The summed E-state index contributed by atoms with van der Waals surface area (Å²) in [5, 5.41) is 3.58. The highest BCUT2D eigenvalue weighted by atomic mass is 16.5. The Kier molecular flexibility index (Phi) is 3.81. The van der Waals surface area contributed by atoms with Crippen molar-refractivity contribution in [1.29, 1.82) is 0 Å². The summed E-state index contributed by atoms with van der Waals surface area (Å²) in [5.74, 6) is 0.877. The van der Waals surface area contributed by atoms with Gasteiger partial charge in [0.1, 0.15) is 0 Å². The second-order valence-corrected chi connectivity index (χ2v) is 7.76. The Labute approximate surface area is 113 Å². The summed E-state index contributed by atoms with van der Waals surface area (Å²) in [5.41, 5.74) is 0.632. The molecule has 0 bridgehead atoms. The average molecular weight is 253 g/mol. The Morgan fingerprint density at radius 2 is 1.78 bits per heavy atom. The maximum atomic E-state index is 6.43. The summed E-state index contributed by atoms with van der Waals surface area (Å²) in [6.45, 7) is 13.6. The topological polar surface area (TPSA) is 21.3 Å². The molecule has 2 nitrogen and oxygen atoms in total. The van der Waals surface area contributed by atoms with Gasteiger partial charge in [-0.3, -0.25) is 0 Å². The predicted molar refractivity (Wildman–Crippen MR) is 76.8 cm³/mol. The Morgan fingerprint density at radius 1 is 1.17 bits per heavy atom. The largest absolute Gasteiger partial charge is 0.366 e. The summed E-state index contributed by atoms with van der Waals surface area (Å²) in [6, 6.07) is 0. The summed E-state index contributed by atoms with van der Waals surface area (Å²) >= 11 is 0. The van der Waals surface area contributed by atoms with Crippen LogP contribution in [-0.4, -0.2) is 24.3 Å². The van der Waals surface area contributed by atoms with Gasteiger partial charge in [0.15, 0.2) is 0 Å². The maximum absolute atomic E-state index is 6.43. The van der Waals surface area contributed by atoms with Crippen molar-refractivity contribution in [3.8, 4) is 0 Å². The number of hydrogen-bond acceptors (Lipinski definition) is 2. The van der Waals surface area contributed by atoms with Crippen LogP contribution in [0.2, 0.25) is 0 Å². The van der Waals surface area contributed by atoms with E-state index >= 15 is 0 Å². The first-order valence-corrected chi connectivity index (χ1v) is 7.70. The summed E-state index contributed by atoms with van der Waals surface area (Å²) < 4.78 is 6.43. The monoisotopic (exact) mass is 253 g/mol. The van der Waals surface area contributed by atoms with Crippen LogP contribution in [0.3, 0.4) is 0 Å². The Balaban J connectivity index is 1.97. The highest BCUT2D eigenvalue weighted by molar-refractivity contribution is 4.97. The van der Waals surface area contributed by atoms with E-state index in [9.17, 15) is 0 Å². The minimum Gasteiger partial charge on any atom is -0.366 e. The third-order valence-electron chi connectivity index (χ3n) is 5.40. The zero-order valence-electron chi connectivity index (χ0n) is 12.9. The molecule has 0 aromatic heterocycles. The summed E-state index contributed by atoms with van der Waals surface area (Å²) in [4.78, 5) is 0. The summed E-state index contributed by atoms with van der Waals surface area (Å²) in [6.07, 6.45) is 6.42. The molecule has 0 aromatic carbocycles. The fourth-order valence-corrected chi connectivity index (χ4v) is 3.74. The van der Waals surface area contributed by atoms with E-state index in [1.54, 1.807) is 0 Å². The van der Waals surface area contributed by atoms with Gasteiger partial charge >= 0.3 is 0 Å². The molecule has 1 aliphatic heterocycles. The molecule has 1 heterocycles. The van der Waals surface area contributed by atoms with Gasteiger partial charge in [0.25, 0.3) is 0 Å². The molecule has 1 N–H and O–H groups in total. The molecule has 106 valence electrons. The molecular weight excluding hydrogens is 222 g/mol. The first-order valence-electron chi connectivity index (χ1n) is 7.70. The van der Waals surface area contributed by atoms with Crippen molar-refractivity contribution in [2.24, 2.45) is 11.3 Å². The van der Waals surface area contributed by atoms with E-state index in [4.69, 9.17) is 4.74 Å². The lowest BCUT2D eigenvalue weighted by Gasteiger charge is -2.51. The third kappa shape index (κ3) is 2.91. The van der Waals surface area contributed by atoms with Crippen LogP contribution in [0.1, 0.15) is 66.7 Å². The molecule has 18 heavy (non-hydrogen) atoms. The van der Waals surface area contributed by atoms with E-state index in [0.717, 1.165) is 19.0 Å². The quantitative estimate of drug-likeness (QED) is 0.809. The highest BCUT2D eigenvalue weighted by Gasteiger charge is 2.45. The van der Waals surface area contributed by atoms with E-state index in [1.807, 2.05) is 0 Å². The lowest BCUT2D eigenvalue weighted by atomic mass is 9.66. The Hall–Kier alpha value is -0.0800. The van der Waals surface area contributed by atoms with Crippen LogP contribution in [0.25, 0.3) is 0 Å². The maximum Gasteiger partial charge on any atom is 0.0814 e. The SMILES string of the molecule is CCC(C)(C)C1CCC2(CC1)CNCC(C)(C)O2. The zero-order valence-corrected chi connectivity index (χ0v) is 12.9. The molecule has 1 spiro atoms. The molecule has 1 saturated carbocycles. The van der Waals surface area contributed by atoms with E-state index in [-0.39, 0.29) is 11.2 Å². The standard InChI is InChI=1S/C16H31NO/c1-6-14(2,3)13-7-9-16(10-8-13)12-17-11-15(4,5)18-16/h13,17H,6-12H2,1-5H3. The molecule has 2 rings (SSSR count). The zero-order chi connectivity index (χ0) is 13.4. The van der Waals surface area contributed by atoms with Crippen molar-refractivity contribution < 1.29 is 4.74 Å². The van der Waals surface area contributed by atoms with E-state index in [1.165, 1.54) is 32.1 Å². The molecule has 2 aliphatic rings. The summed E-state index contributed by atoms with van der Waals surface area (Å²) in [7, 11) is 0. The number of ether oxygens (including phenoxy) is 1. The van der Waals surface area contributed by atoms with Gasteiger partial charge < -0.3 is 10.1 Å². The van der Waals surface area contributed by atoms with E-state index in [2.05, 4.69) is 39.9 Å². The lowest BCUT2D eigenvalue weighted by Crippen LogP contribution is -2.59. The fraction of sp³-hybridized carbons (Fsp3) is 1.00. The molecule has 1 saturated heterocycles. The molecule has 2 heteroatoms. The predicted octanol–water partition coefficient (Wildman–Crippen LogP) is 3.75. The minimum absolute atomic E-state index is 0.00532. The molecule has 1 aliphatic carbocycles. The second-order valence-electron chi connectivity index (χ2n) is 7.76. The number of hydrogen-bond donors (Lipinski definition) is 1. The number of rotatable bonds is 2. The first-order chi connectivity index (χ1) is 8.29. The second kappa shape index (κ2) is 4.79. The first kappa shape index (κ1) is 14.3.